The second kappa shape index (κ2) is 6.48. The summed E-state index contributed by atoms with van der Waals surface area (Å²) in [6, 6.07) is 7.83. The Morgan fingerprint density at radius 1 is 1.21 bits per heavy atom. The van der Waals surface area contributed by atoms with Crippen LogP contribution < -0.4 is 0 Å². The molecule has 1 aromatic carbocycles. The Kier molecular flexibility index (Phi) is 4.68. The van der Waals surface area contributed by atoms with Crippen molar-refractivity contribution in [2.45, 2.75) is 24.8 Å². The Labute approximate surface area is 117 Å². The second-order valence-electron chi connectivity index (χ2n) is 4.53. The first-order valence-corrected chi connectivity index (χ1v) is 7.17. The lowest BCUT2D eigenvalue weighted by Gasteiger charge is -2.06. The third-order valence-electron chi connectivity index (χ3n) is 2.79. The van der Waals surface area contributed by atoms with Gasteiger partial charge in [-0.2, -0.15) is 0 Å². The Morgan fingerprint density at radius 2 is 1.95 bits per heavy atom. The van der Waals surface area contributed by atoms with Gasteiger partial charge in [0.1, 0.15) is 5.03 Å². The van der Waals surface area contributed by atoms with Gasteiger partial charge in [-0.05, 0) is 11.5 Å². The highest BCUT2D eigenvalue weighted by molar-refractivity contribution is 7.99. The number of ketones is 1. The van der Waals surface area contributed by atoms with Crippen LogP contribution in [0.4, 0.5) is 0 Å². The highest BCUT2D eigenvalue weighted by Gasteiger charge is 2.08. The summed E-state index contributed by atoms with van der Waals surface area (Å²) in [4.78, 5) is 20.1. The van der Waals surface area contributed by atoms with E-state index in [2.05, 4.69) is 23.8 Å². The summed E-state index contributed by atoms with van der Waals surface area (Å²) in [6.45, 7) is 4.28. The minimum absolute atomic E-state index is 0.117. The lowest BCUT2D eigenvalue weighted by molar-refractivity contribution is 0.102. The summed E-state index contributed by atoms with van der Waals surface area (Å²) in [5, 5.41) is 0.773. The molecule has 0 fully saturated rings. The number of carbonyl (C=O) groups excluding carboxylic acids is 1. The van der Waals surface area contributed by atoms with Gasteiger partial charge in [0.15, 0.2) is 5.78 Å². The van der Waals surface area contributed by atoms with Gasteiger partial charge in [-0.25, -0.2) is 4.98 Å². The minimum atomic E-state index is 0.117. The van der Waals surface area contributed by atoms with Crippen molar-refractivity contribution in [3.8, 4) is 0 Å². The summed E-state index contributed by atoms with van der Waals surface area (Å²) in [5.41, 5.74) is 2.00. The predicted octanol–water partition coefficient (Wildman–Crippen LogP) is 3.58. The molecular weight excluding hydrogens is 256 g/mol. The summed E-state index contributed by atoms with van der Waals surface area (Å²) in [7, 11) is 0. The zero-order chi connectivity index (χ0) is 13.7. The van der Waals surface area contributed by atoms with Gasteiger partial charge in [-0.15, -0.1) is 0 Å². The molecule has 0 amide bonds. The summed E-state index contributed by atoms with van der Waals surface area (Å²) in [6.07, 6.45) is 4.92. The first kappa shape index (κ1) is 13.7. The Balaban J connectivity index is 1.96. The van der Waals surface area contributed by atoms with Crippen LogP contribution in [-0.2, 0) is 0 Å². The van der Waals surface area contributed by atoms with Crippen molar-refractivity contribution in [1.29, 1.82) is 0 Å². The smallest absolute Gasteiger partial charge is 0.173 e. The Morgan fingerprint density at radius 3 is 2.53 bits per heavy atom. The molecule has 2 rings (SSSR count). The molecule has 0 radical (unpaired) electrons. The van der Waals surface area contributed by atoms with Gasteiger partial charge in [0, 0.05) is 18.0 Å². The molecular formula is C15H16N2OS. The van der Waals surface area contributed by atoms with Gasteiger partial charge in [0.05, 0.1) is 11.9 Å². The van der Waals surface area contributed by atoms with Crippen molar-refractivity contribution < 1.29 is 4.79 Å². The van der Waals surface area contributed by atoms with Gasteiger partial charge in [0.2, 0.25) is 0 Å². The Hall–Kier alpha value is -1.68. The maximum absolute atomic E-state index is 12.0. The fourth-order valence-corrected chi connectivity index (χ4v) is 2.35. The maximum Gasteiger partial charge on any atom is 0.173 e. The van der Waals surface area contributed by atoms with E-state index in [-0.39, 0.29) is 5.78 Å². The number of thioether (sulfide) groups is 1. The third-order valence-corrected chi connectivity index (χ3v) is 3.70. The number of nitrogens with zero attached hydrogens (tertiary/aromatic N) is 2. The van der Waals surface area contributed by atoms with Gasteiger partial charge in [0.25, 0.3) is 0 Å². The molecule has 0 aliphatic heterocycles. The Bertz CT molecular complexity index is 538. The average Bonchev–Trinajstić information content (AvgIpc) is 2.46. The first-order chi connectivity index (χ1) is 9.16. The number of carbonyl (C=O) groups is 1. The largest absolute Gasteiger partial charge is 0.293 e. The van der Waals surface area contributed by atoms with Crippen LogP contribution >= 0.6 is 11.8 Å². The fourth-order valence-electron chi connectivity index (χ4n) is 1.64. The van der Waals surface area contributed by atoms with Gasteiger partial charge in [-0.1, -0.05) is 49.9 Å². The fraction of sp³-hybridized carbons (Fsp3) is 0.267. The first-order valence-electron chi connectivity index (χ1n) is 6.19. The summed E-state index contributed by atoms with van der Waals surface area (Å²) >= 11 is 1.41. The average molecular weight is 272 g/mol. The van der Waals surface area contributed by atoms with Crippen LogP contribution in [0.1, 0.15) is 35.7 Å². The van der Waals surface area contributed by atoms with Crippen molar-refractivity contribution in [3.63, 3.8) is 0 Å². The lowest BCUT2D eigenvalue weighted by Crippen LogP contribution is -2.03. The van der Waals surface area contributed by atoms with E-state index in [1.165, 1.54) is 17.3 Å². The monoisotopic (exact) mass is 272 g/mol. The predicted molar refractivity (Wildman–Crippen MR) is 77.6 cm³/mol. The normalized spacial score (nSPS) is 10.7. The van der Waals surface area contributed by atoms with Gasteiger partial charge in [-0.3, -0.25) is 9.78 Å². The molecule has 98 valence electrons. The van der Waals surface area contributed by atoms with E-state index in [4.69, 9.17) is 0 Å². The molecule has 2 aromatic rings. The number of benzene rings is 1. The zero-order valence-corrected chi connectivity index (χ0v) is 11.9. The molecule has 0 saturated carbocycles. The SMILES string of the molecule is CC(C)c1ccc(C(=O)CSc2cnccn2)cc1. The maximum atomic E-state index is 12.0. The molecule has 0 N–H and O–H groups in total. The van der Waals surface area contributed by atoms with Crippen LogP contribution in [0.25, 0.3) is 0 Å². The van der Waals surface area contributed by atoms with E-state index in [1.807, 2.05) is 24.3 Å². The number of rotatable bonds is 5. The zero-order valence-electron chi connectivity index (χ0n) is 11.0. The molecule has 19 heavy (non-hydrogen) atoms. The van der Waals surface area contributed by atoms with Crippen molar-refractivity contribution >= 4 is 17.5 Å². The van der Waals surface area contributed by atoms with Crippen molar-refractivity contribution in [2.24, 2.45) is 0 Å². The quantitative estimate of drug-likeness (QED) is 0.616. The van der Waals surface area contributed by atoms with E-state index in [9.17, 15) is 4.79 Å². The van der Waals surface area contributed by atoms with E-state index < -0.39 is 0 Å². The standard InChI is InChI=1S/C15H16N2OS/c1-11(2)12-3-5-13(6-4-12)14(18)10-19-15-9-16-7-8-17-15/h3-9,11H,10H2,1-2H3. The van der Waals surface area contributed by atoms with Crippen LogP contribution in [-0.4, -0.2) is 21.5 Å². The van der Waals surface area contributed by atoms with Crippen molar-refractivity contribution in [2.75, 3.05) is 5.75 Å². The van der Waals surface area contributed by atoms with E-state index in [0.717, 1.165) is 10.6 Å². The lowest BCUT2D eigenvalue weighted by atomic mass is 10.0. The molecule has 0 spiro atoms. The summed E-state index contributed by atoms with van der Waals surface area (Å²) in [5.74, 6) is 0.990. The number of aromatic nitrogens is 2. The van der Waals surface area contributed by atoms with Crippen LogP contribution in [0.2, 0.25) is 0 Å². The van der Waals surface area contributed by atoms with Crippen LogP contribution in [0.3, 0.4) is 0 Å². The second-order valence-corrected chi connectivity index (χ2v) is 5.53. The molecule has 1 heterocycles. The van der Waals surface area contributed by atoms with E-state index in [0.29, 0.717) is 11.7 Å². The molecule has 4 heteroatoms. The number of hydrogen-bond acceptors (Lipinski definition) is 4. The molecule has 0 unspecified atom stereocenters. The molecule has 0 bridgehead atoms. The minimum Gasteiger partial charge on any atom is -0.293 e. The third kappa shape index (κ3) is 3.89. The van der Waals surface area contributed by atoms with E-state index >= 15 is 0 Å². The van der Waals surface area contributed by atoms with Gasteiger partial charge < -0.3 is 0 Å². The summed E-state index contributed by atoms with van der Waals surface area (Å²) < 4.78 is 0. The molecule has 0 aliphatic carbocycles. The van der Waals surface area contributed by atoms with Crippen molar-refractivity contribution in [3.05, 3.63) is 54.0 Å². The highest BCUT2D eigenvalue weighted by atomic mass is 32.2. The highest BCUT2D eigenvalue weighted by Crippen LogP contribution is 2.18. The van der Waals surface area contributed by atoms with Crippen LogP contribution in [0, 0.1) is 0 Å². The molecule has 0 atom stereocenters. The number of Topliss-reactive ketones (excluding diaryl/α,β-unsaturated/α-hetero) is 1. The molecule has 0 aliphatic rings. The molecule has 0 saturated heterocycles. The van der Waals surface area contributed by atoms with Gasteiger partial charge >= 0.3 is 0 Å². The topological polar surface area (TPSA) is 42.9 Å². The molecule has 3 nitrogen and oxygen atoms in total. The van der Waals surface area contributed by atoms with E-state index in [1.54, 1.807) is 18.6 Å². The van der Waals surface area contributed by atoms with Crippen molar-refractivity contribution in [1.82, 2.24) is 9.97 Å². The molecule has 1 aromatic heterocycles. The van der Waals surface area contributed by atoms with Crippen LogP contribution in [0.5, 0.6) is 0 Å². The van der Waals surface area contributed by atoms with Crippen LogP contribution in [0.15, 0.2) is 47.9 Å². The number of hydrogen-bond donors (Lipinski definition) is 0.